The Hall–Kier alpha value is -3.28. The van der Waals surface area contributed by atoms with E-state index in [1.54, 1.807) is 12.3 Å². The maximum atomic E-state index is 9.48. The Morgan fingerprint density at radius 3 is 2.80 bits per heavy atom. The van der Waals surface area contributed by atoms with E-state index in [4.69, 9.17) is 0 Å². The predicted octanol–water partition coefficient (Wildman–Crippen LogP) is 2.78. The van der Waals surface area contributed by atoms with E-state index in [9.17, 15) is 10.2 Å². The van der Waals surface area contributed by atoms with Crippen LogP contribution in [0.15, 0.2) is 41.4 Å². The molecule has 1 aliphatic carbocycles. The van der Waals surface area contributed by atoms with Crippen molar-refractivity contribution in [2.75, 3.05) is 0 Å². The van der Waals surface area contributed by atoms with Gasteiger partial charge in [0.15, 0.2) is 17.3 Å². The van der Waals surface area contributed by atoms with Crippen molar-refractivity contribution < 1.29 is 10.2 Å². The third-order valence-electron chi connectivity index (χ3n) is 4.15. The maximum Gasteiger partial charge on any atom is 0.172 e. The van der Waals surface area contributed by atoms with Crippen molar-refractivity contribution in [2.45, 2.75) is 19.9 Å². The molecule has 0 saturated carbocycles. The minimum absolute atomic E-state index is 0.155. The molecule has 124 valence electrons. The van der Waals surface area contributed by atoms with E-state index in [0.717, 1.165) is 23.4 Å². The first kappa shape index (κ1) is 15.3. The van der Waals surface area contributed by atoms with E-state index >= 15 is 0 Å². The number of aliphatic imine (C=N–C) groups is 1. The van der Waals surface area contributed by atoms with E-state index in [1.165, 1.54) is 23.3 Å². The molecule has 0 aliphatic heterocycles. The van der Waals surface area contributed by atoms with Crippen molar-refractivity contribution >= 4 is 6.21 Å². The molecule has 0 unspecified atom stereocenters. The van der Waals surface area contributed by atoms with Crippen molar-refractivity contribution in [2.24, 2.45) is 4.99 Å². The van der Waals surface area contributed by atoms with Gasteiger partial charge in [-0.05, 0) is 42.3 Å². The Morgan fingerprint density at radius 2 is 1.96 bits per heavy atom. The molecule has 0 amide bonds. The topological polar surface area (TPSA) is 91.5 Å². The standard InChI is InChI=1S/C19H16N4O2/c1-11-2-4-13-8-15-19(14(13)6-11)23-22-18(21-15)10-20-9-12-3-5-16(24)17(25)7-12/h2-7,9,24-25H,8,10H2,1H3. The molecular formula is C19H16N4O2. The van der Waals surface area contributed by atoms with Crippen molar-refractivity contribution in [3.8, 4) is 22.8 Å². The number of hydrogen-bond donors (Lipinski definition) is 2. The van der Waals surface area contributed by atoms with Crippen LogP contribution >= 0.6 is 0 Å². The molecule has 6 nitrogen and oxygen atoms in total. The van der Waals surface area contributed by atoms with Crippen LogP contribution in [0.3, 0.4) is 0 Å². The summed E-state index contributed by atoms with van der Waals surface area (Å²) in [5, 5.41) is 27.3. The first-order valence-electron chi connectivity index (χ1n) is 7.94. The lowest BCUT2D eigenvalue weighted by Gasteiger charge is -2.01. The second-order valence-electron chi connectivity index (χ2n) is 6.08. The van der Waals surface area contributed by atoms with Crippen molar-refractivity contribution in [3.05, 3.63) is 64.6 Å². The Labute approximate surface area is 144 Å². The lowest BCUT2D eigenvalue weighted by atomic mass is 10.1. The molecule has 0 radical (unpaired) electrons. The number of phenolic OH excluding ortho intramolecular Hbond substituents is 2. The van der Waals surface area contributed by atoms with Gasteiger partial charge in [-0.1, -0.05) is 17.7 Å². The Bertz CT molecular complexity index is 999. The summed E-state index contributed by atoms with van der Waals surface area (Å²) in [5.74, 6) is 0.230. The smallest absolute Gasteiger partial charge is 0.172 e. The molecule has 25 heavy (non-hydrogen) atoms. The number of aromatic nitrogens is 3. The average molecular weight is 332 g/mol. The number of benzene rings is 2. The number of fused-ring (bicyclic) bond motifs is 3. The molecule has 0 bridgehead atoms. The number of aryl methyl sites for hydroxylation is 1. The molecule has 1 aliphatic rings. The second kappa shape index (κ2) is 5.98. The Morgan fingerprint density at radius 1 is 1.08 bits per heavy atom. The van der Waals surface area contributed by atoms with E-state index in [1.807, 2.05) is 0 Å². The van der Waals surface area contributed by atoms with Gasteiger partial charge in [0.2, 0.25) is 0 Å². The van der Waals surface area contributed by atoms with E-state index in [-0.39, 0.29) is 11.5 Å². The largest absolute Gasteiger partial charge is 0.504 e. The lowest BCUT2D eigenvalue weighted by Crippen LogP contribution is -2.01. The molecule has 6 heteroatoms. The van der Waals surface area contributed by atoms with Crippen molar-refractivity contribution in [3.63, 3.8) is 0 Å². The molecule has 1 aromatic heterocycles. The minimum Gasteiger partial charge on any atom is -0.504 e. The maximum absolute atomic E-state index is 9.48. The summed E-state index contributed by atoms with van der Waals surface area (Å²) < 4.78 is 0. The molecule has 0 atom stereocenters. The van der Waals surface area contributed by atoms with Crippen LogP contribution in [0.4, 0.5) is 0 Å². The highest BCUT2D eigenvalue weighted by Gasteiger charge is 2.22. The van der Waals surface area contributed by atoms with Gasteiger partial charge in [-0.2, -0.15) is 0 Å². The summed E-state index contributed by atoms with van der Waals surface area (Å²) in [4.78, 5) is 8.87. The minimum atomic E-state index is -0.174. The summed E-state index contributed by atoms with van der Waals surface area (Å²) in [6.45, 7) is 2.36. The fourth-order valence-corrected chi connectivity index (χ4v) is 2.89. The number of hydrogen-bond acceptors (Lipinski definition) is 6. The number of nitrogens with zero attached hydrogens (tertiary/aromatic N) is 4. The number of phenols is 2. The fraction of sp³-hybridized carbons (Fsp3) is 0.158. The van der Waals surface area contributed by atoms with Gasteiger partial charge in [-0.15, -0.1) is 10.2 Å². The Balaban J connectivity index is 1.52. The van der Waals surface area contributed by atoms with Gasteiger partial charge in [-0.25, -0.2) is 4.98 Å². The lowest BCUT2D eigenvalue weighted by molar-refractivity contribution is 0.403. The molecule has 3 aromatic rings. The zero-order valence-corrected chi connectivity index (χ0v) is 13.6. The highest BCUT2D eigenvalue weighted by atomic mass is 16.3. The predicted molar refractivity (Wildman–Crippen MR) is 93.9 cm³/mol. The normalized spacial score (nSPS) is 12.4. The average Bonchev–Trinajstić information content (AvgIpc) is 2.95. The first-order valence-corrected chi connectivity index (χ1v) is 7.94. The van der Waals surface area contributed by atoms with Gasteiger partial charge >= 0.3 is 0 Å². The highest BCUT2D eigenvalue weighted by Crippen LogP contribution is 2.33. The number of aromatic hydroxyl groups is 2. The van der Waals surface area contributed by atoms with Crippen LogP contribution in [-0.4, -0.2) is 31.6 Å². The summed E-state index contributed by atoms with van der Waals surface area (Å²) in [6.07, 6.45) is 2.37. The van der Waals surface area contributed by atoms with Gasteiger partial charge in [0, 0.05) is 18.2 Å². The quantitative estimate of drug-likeness (QED) is 0.445. The zero-order chi connectivity index (χ0) is 17.4. The van der Waals surface area contributed by atoms with Crippen molar-refractivity contribution in [1.82, 2.24) is 15.2 Å². The summed E-state index contributed by atoms with van der Waals surface area (Å²) in [6, 6.07) is 10.9. The summed E-state index contributed by atoms with van der Waals surface area (Å²) in [5.41, 5.74) is 6.01. The van der Waals surface area contributed by atoms with E-state index in [0.29, 0.717) is 17.9 Å². The van der Waals surface area contributed by atoms with Crippen LogP contribution in [0.1, 0.15) is 28.2 Å². The van der Waals surface area contributed by atoms with Crippen LogP contribution in [-0.2, 0) is 13.0 Å². The molecule has 0 fully saturated rings. The van der Waals surface area contributed by atoms with Crippen LogP contribution < -0.4 is 0 Å². The SMILES string of the molecule is Cc1ccc2c(c1)-c1nnc(CN=Cc3ccc(O)c(O)c3)nc1C2. The van der Waals surface area contributed by atoms with Gasteiger partial charge in [0.1, 0.15) is 12.2 Å². The second-order valence-corrected chi connectivity index (χ2v) is 6.08. The summed E-state index contributed by atoms with van der Waals surface area (Å²) in [7, 11) is 0. The number of rotatable bonds is 3. The van der Waals surface area contributed by atoms with E-state index in [2.05, 4.69) is 45.3 Å². The molecular weight excluding hydrogens is 316 g/mol. The molecule has 4 rings (SSSR count). The summed E-state index contributed by atoms with van der Waals surface area (Å²) >= 11 is 0. The zero-order valence-electron chi connectivity index (χ0n) is 13.6. The van der Waals surface area contributed by atoms with Crippen LogP contribution in [0.25, 0.3) is 11.3 Å². The monoisotopic (exact) mass is 332 g/mol. The highest BCUT2D eigenvalue weighted by molar-refractivity contribution is 5.80. The van der Waals surface area contributed by atoms with Crippen LogP contribution in [0.2, 0.25) is 0 Å². The molecule has 2 N–H and O–H groups in total. The van der Waals surface area contributed by atoms with Gasteiger partial charge < -0.3 is 10.2 Å². The van der Waals surface area contributed by atoms with E-state index < -0.39 is 0 Å². The third-order valence-corrected chi connectivity index (χ3v) is 4.15. The molecule has 0 spiro atoms. The Kier molecular flexibility index (Phi) is 3.65. The van der Waals surface area contributed by atoms with Crippen LogP contribution in [0.5, 0.6) is 11.5 Å². The first-order chi connectivity index (χ1) is 12.1. The molecule has 0 saturated heterocycles. The van der Waals surface area contributed by atoms with Gasteiger partial charge in [0.05, 0.1) is 5.69 Å². The van der Waals surface area contributed by atoms with Gasteiger partial charge in [0.25, 0.3) is 0 Å². The molecule has 2 aromatic carbocycles. The third kappa shape index (κ3) is 2.94. The van der Waals surface area contributed by atoms with Crippen molar-refractivity contribution in [1.29, 1.82) is 0 Å². The van der Waals surface area contributed by atoms with Gasteiger partial charge in [-0.3, -0.25) is 4.99 Å². The fourth-order valence-electron chi connectivity index (χ4n) is 2.89. The molecule has 1 heterocycles. The van der Waals surface area contributed by atoms with Crippen LogP contribution in [0, 0.1) is 6.92 Å².